The summed E-state index contributed by atoms with van der Waals surface area (Å²) in [5, 5.41) is 16.7. The zero-order valence-electron chi connectivity index (χ0n) is 19.4. The van der Waals surface area contributed by atoms with Gasteiger partial charge in [-0.25, -0.2) is 0 Å². The third-order valence-corrected chi connectivity index (χ3v) is 5.22. The zero-order valence-corrected chi connectivity index (χ0v) is 19.4. The summed E-state index contributed by atoms with van der Waals surface area (Å²) in [4.78, 5) is 12.3. The van der Waals surface area contributed by atoms with E-state index in [1.807, 2.05) is 6.92 Å². The molecule has 0 amide bonds. The predicted octanol–water partition coefficient (Wildman–Crippen LogP) is 3.51. The van der Waals surface area contributed by atoms with Gasteiger partial charge in [0.1, 0.15) is 6.10 Å². The van der Waals surface area contributed by atoms with Crippen LogP contribution in [0.3, 0.4) is 0 Å². The summed E-state index contributed by atoms with van der Waals surface area (Å²) < 4.78 is 16.3. The summed E-state index contributed by atoms with van der Waals surface area (Å²) in [6, 6.07) is 0. The van der Waals surface area contributed by atoms with Crippen LogP contribution in [0.4, 0.5) is 0 Å². The van der Waals surface area contributed by atoms with Gasteiger partial charge in [0.15, 0.2) is 0 Å². The van der Waals surface area contributed by atoms with Crippen molar-refractivity contribution in [3.63, 3.8) is 0 Å². The molecule has 0 saturated heterocycles. The Bertz CT molecular complexity index is 513. The number of hydrogen-bond donors (Lipinski definition) is 2. The third kappa shape index (κ3) is 9.43. The minimum atomic E-state index is -0.369. The molecule has 2 heterocycles. The molecule has 2 aliphatic heterocycles. The van der Waals surface area contributed by atoms with Crippen molar-refractivity contribution in [3.8, 4) is 0 Å². The average molecular weight is 415 g/mol. The highest BCUT2D eigenvalue weighted by Crippen LogP contribution is 2.33. The molecular weight excluding hydrogens is 372 g/mol. The van der Waals surface area contributed by atoms with Crippen molar-refractivity contribution in [1.29, 1.82) is 0 Å². The van der Waals surface area contributed by atoms with E-state index >= 15 is 0 Å². The first-order valence-corrected chi connectivity index (χ1v) is 10.5. The second-order valence-electron chi connectivity index (χ2n) is 7.88. The topological polar surface area (TPSA) is 85.2 Å². The lowest BCUT2D eigenvalue weighted by molar-refractivity contribution is -0.152. The molecule has 7 atom stereocenters. The Balaban J connectivity index is 0.00000143. The fourth-order valence-corrected chi connectivity index (χ4v) is 3.85. The highest BCUT2D eigenvalue weighted by molar-refractivity contribution is 5.70. The first kappa shape index (κ1) is 27.8. The molecule has 2 N–H and O–H groups in total. The quantitative estimate of drug-likeness (QED) is 0.543. The molecule has 6 heteroatoms. The van der Waals surface area contributed by atoms with Crippen molar-refractivity contribution in [1.82, 2.24) is 0 Å². The van der Waals surface area contributed by atoms with Gasteiger partial charge in [0.25, 0.3) is 0 Å². The van der Waals surface area contributed by atoms with Gasteiger partial charge >= 0.3 is 5.97 Å². The molecule has 0 saturated carbocycles. The maximum absolute atomic E-state index is 12.3. The number of cyclic esters (lactones) is 1. The zero-order chi connectivity index (χ0) is 22.6. The molecule has 6 nitrogen and oxygen atoms in total. The molecule has 2 aliphatic rings. The van der Waals surface area contributed by atoms with Crippen LogP contribution in [0.15, 0.2) is 23.8 Å². The Morgan fingerprint density at radius 2 is 1.83 bits per heavy atom. The smallest absolute Gasteiger partial charge is 0.306 e. The molecule has 170 valence electrons. The molecule has 2 rings (SSSR count). The number of aliphatic hydroxyl groups is 2. The molecule has 0 aromatic carbocycles. The second kappa shape index (κ2) is 14.7. The van der Waals surface area contributed by atoms with Gasteiger partial charge in [-0.1, -0.05) is 32.1 Å². The molecule has 0 radical (unpaired) electrons. The van der Waals surface area contributed by atoms with Crippen molar-refractivity contribution < 1.29 is 29.2 Å². The van der Waals surface area contributed by atoms with Gasteiger partial charge in [0.2, 0.25) is 0 Å². The van der Waals surface area contributed by atoms with E-state index in [2.05, 4.69) is 43.7 Å². The number of rotatable bonds is 3. The molecule has 0 spiro atoms. The Labute approximate surface area is 176 Å². The van der Waals surface area contributed by atoms with Gasteiger partial charge in [0.05, 0.1) is 24.7 Å². The van der Waals surface area contributed by atoms with E-state index in [-0.39, 0.29) is 48.1 Å². The molecular formula is C23H42O6. The van der Waals surface area contributed by atoms with Gasteiger partial charge < -0.3 is 24.4 Å². The number of esters is 1. The van der Waals surface area contributed by atoms with Gasteiger partial charge in [0, 0.05) is 39.1 Å². The third-order valence-electron chi connectivity index (χ3n) is 5.22. The predicted molar refractivity (Wildman–Crippen MR) is 116 cm³/mol. The molecule has 0 aliphatic carbocycles. The van der Waals surface area contributed by atoms with Gasteiger partial charge in [-0.3, -0.25) is 4.79 Å². The number of carbonyl (C=O) groups is 1. The largest absolute Gasteiger partial charge is 0.462 e. The van der Waals surface area contributed by atoms with E-state index in [1.54, 1.807) is 21.1 Å². The van der Waals surface area contributed by atoms with Crippen molar-refractivity contribution >= 4 is 5.97 Å². The highest BCUT2D eigenvalue weighted by Gasteiger charge is 2.34. The first-order chi connectivity index (χ1) is 13.7. The molecule has 0 fully saturated rings. The molecule has 1 unspecified atom stereocenters. The summed E-state index contributed by atoms with van der Waals surface area (Å²) >= 11 is 0. The summed E-state index contributed by atoms with van der Waals surface area (Å²) in [5.74, 6) is 0.168. The van der Waals surface area contributed by atoms with Crippen molar-refractivity contribution in [2.45, 2.75) is 78.3 Å². The monoisotopic (exact) mass is 414 g/mol. The van der Waals surface area contributed by atoms with Gasteiger partial charge in [-0.2, -0.15) is 0 Å². The van der Waals surface area contributed by atoms with E-state index < -0.39 is 0 Å². The first-order valence-electron chi connectivity index (χ1n) is 10.5. The molecule has 29 heavy (non-hydrogen) atoms. The lowest BCUT2D eigenvalue weighted by Crippen LogP contribution is -2.31. The van der Waals surface area contributed by atoms with Crippen LogP contribution in [0, 0.1) is 17.8 Å². The Kier molecular flexibility index (Phi) is 14.1. The van der Waals surface area contributed by atoms with E-state index in [0.717, 1.165) is 13.5 Å². The van der Waals surface area contributed by atoms with Crippen LogP contribution in [-0.2, 0) is 19.0 Å². The van der Waals surface area contributed by atoms with Crippen LogP contribution >= 0.6 is 0 Å². The van der Waals surface area contributed by atoms with Crippen LogP contribution in [-0.4, -0.2) is 61.9 Å². The van der Waals surface area contributed by atoms with Crippen molar-refractivity contribution in [2.24, 2.45) is 17.8 Å². The van der Waals surface area contributed by atoms with Crippen molar-refractivity contribution in [2.75, 3.05) is 21.3 Å². The maximum Gasteiger partial charge on any atom is 0.306 e. The Hall–Kier alpha value is -1.21. The van der Waals surface area contributed by atoms with Gasteiger partial charge in [-0.15, -0.1) is 0 Å². The number of methoxy groups -OCH3 is 1. The number of aliphatic hydroxyl groups excluding tert-OH is 2. The summed E-state index contributed by atoms with van der Waals surface area (Å²) in [7, 11) is 4.25. The van der Waals surface area contributed by atoms with E-state index in [4.69, 9.17) is 14.6 Å². The number of fused-ring (bicyclic) bond motifs is 1. The standard InChI is InChI=1S/C20H32O4.C2H6O.CH4O/c1-6-18-12(2)9-13(3)20-17(11-19(22)24-18)8-7-16(10-14(4)21)15(5)23-20;1-3-2;1-2/h7-9,12,14-18,20-21H,6,10-11H2,1-5H3;1-2H3;2H,1H3/b13-9+;;/t12-,14-,15+,16-,17-,18-,20?;;/m1../s1. The van der Waals surface area contributed by atoms with Crippen LogP contribution in [0.5, 0.6) is 0 Å². The highest BCUT2D eigenvalue weighted by atomic mass is 16.5. The fraction of sp³-hybridized carbons (Fsp3) is 0.783. The van der Waals surface area contributed by atoms with Crippen LogP contribution < -0.4 is 0 Å². The van der Waals surface area contributed by atoms with E-state index in [1.165, 1.54) is 5.57 Å². The number of ether oxygens (including phenoxy) is 3. The number of hydrogen-bond acceptors (Lipinski definition) is 6. The van der Waals surface area contributed by atoms with Crippen molar-refractivity contribution in [3.05, 3.63) is 23.8 Å². The molecule has 0 aromatic rings. The summed E-state index contributed by atoms with van der Waals surface area (Å²) in [6.07, 6.45) is 7.67. The Morgan fingerprint density at radius 1 is 1.24 bits per heavy atom. The SMILES string of the molecule is CC[C@H]1OC(=O)C[C@H]2C=C[C@H](C[C@@H](C)O)[C@H](C)OC2/C(C)=C/[C@H]1C.CO.COC. The maximum atomic E-state index is 12.3. The normalized spacial score (nSPS) is 34.7. The minimum absolute atomic E-state index is 0.00301. The lowest BCUT2D eigenvalue weighted by Gasteiger charge is -2.28. The van der Waals surface area contributed by atoms with Gasteiger partial charge in [-0.05, 0) is 39.2 Å². The molecule has 0 bridgehead atoms. The van der Waals surface area contributed by atoms with Crippen LogP contribution in [0.1, 0.15) is 53.9 Å². The lowest BCUT2D eigenvalue weighted by atomic mass is 9.90. The van der Waals surface area contributed by atoms with E-state index in [9.17, 15) is 9.90 Å². The summed E-state index contributed by atoms with van der Waals surface area (Å²) in [6.45, 7) is 10.1. The second-order valence-corrected chi connectivity index (χ2v) is 7.88. The minimum Gasteiger partial charge on any atom is -0.462 e. The fourth-order valence-electron chi connectivity index (χ4n) is 3.85. The van der Waals surface area contributed by atoms with E-state index in [0.29, 0.717) is 12.8 Å². The van der Waals surface area contributed by atoms with Crippen LogP contribution in [0.25, 0.3) is 0 Å². The molecule has 0 aromatic heterocycles. The Morgan fingerprint density at radius 3 is 2.34 bits per heavy atom. The van der Waals surface area contributed by atoms with Crippen LogP contribution in [0.2, 0.25) is 0 Å². The average Bonchev–Trinajstić information content (AvgIpc) is 2.79. The summed E-state index contributed by atoms with van der Waals surface area (Å²) in [5.41, 5.74) is 1.17. The number of carbonyl (C=O) groups excluding carboxylic acids is 1.